The molecule has 8 heteroatoms. The topological polar surface area (TPSA) is 46.6 Å². The molecule has 4 aromatic carbocycles. The largest absolute Gasteiger partial charge is 0.447 e. The smallest absolute Gasteiger partial charge is 0.416 e. The number of imide groups is 1. The van der Waals surface area contributed by atoms with E-state index in [-0.39, 0.29) is 31.3 Å². The second-order valence-electron chi connectivity index (χ2n) is 13.2. The molecule has 5 rings (SSSR count). The van der Waals surface area contributed by atoms with E-state index >= 15 is 0 Å². The molecule has 270 valence electrons. The third-order valence-corrected chi connectivity index (χ3v) is 9.07. The second-order valence-corrected chi connectivity index (χ2v) is 13.2. The van der Waals surface area contributed by atoms with Crippen LogP contribution in [0.2, 0.25) is 0 Å². The van der Waals surface area contributed by atoms with E-state index < -0.39 is 29.7 Å². The molecule has 0 N–H and O–H groups in total. The van der Waals surface area contributed by atoms with Crippen LogP contribution in [0.4, 0.5) is 22.4 Å². The van der Waals surface area contributed by atoms with Gasteiger partial charge in [-0.15, -0.1) is 6.58 Å². The lowest BCUT2D eigenvalue weighted by molar-refractivity contribution is -0.137. The van der Waals surface area contributed by atoms with Crippen LogP contribution in [0.5, 0.6) is 0 Å². The van der Waals surface area contributed by atoms with Gasteiger partial charge in [-0.3, -0.25) is 4.79 Å². The van der Waals surface area contributed by atoms with Crippen molar-refractivity contribution in [3.8, 4) is 11.1 Å². The van der Waals surface area contributed by atoms with E-state index in [0.29, 0.717) is 16.7 Å². The van der Waals surface area contributed by atoms with Crippen molar-refractivity contribution in [3.63, 3.8) is 0 Å². The van der Waals surface area contributed by atoms with Crippen molar-refractivity contribution < 1.29 is 31.9 Å². The Morgan fingerprint density at radius 1 is 0.882 bits per heavy atom. The number of unbranched alkanes of at least 4 members (excludes halogenated alkanes) is 4. The molecule has 0 aliphatic carbocycles. The number of hydrogen-bond donors (Lipinski definition) is 0. The average Bonchev–Trinajstić information content (AvgIpc) is 3.55. The molecule has 0 aromatic heterocycles. The van der Waals surface area contributed by atoms with Gasteiger partial charge in [-0.2, -0.15) is 13.2 Å². The van der Waals surface area contributed by atoms with Crippen LogP contribution in [0.1, 0.15) is 98.4 Å². The van der Waals surface area contributed by atoms with Gasteiger partial charge in [0.25, 0.3) is 0 Å². The molecule has 1 heterocycles. The van der Waals surface area contributed by atoms with E-state index in [2.05, 4.69) is 32.6 Å². The highest BCUT2D eigenvalue weighted by Crippen LogP contribution is 2.41. The third-order valence-electron chi connectivity index (χ3n) is 9.07. The number of amides is 2. The Morgan fingerprint density at radius 3 is 2.08 bits per heavy atom. The van der Waals surface area contributed by atoms with Gasteiger partial charge in [-0.05, 0) is 78.8 Å². The number of hydrogen-bond acceptors (Lipinski definition) is 3. The Bertz CT molecular complexity index is 1730. The molecule has 1 saturated heterocycles. The summed E-state index contributed by atoms with van der Waals surface area (Å²) in [6, 6.07) is 27.2. The number of rotatable bonds is 13. The van der Waals surface area contributed by atoms with Crippen LogP contribution in [0.15, 0.2) is 109 Å². The van der Waals surface area contributed by atoms with Gasteiger partial charge < -0.3 is 4.74 Å². The fourth-order valence-corrected chi connectivity index (χ4v) is 6.34. The van der Waals surface area contributed by atoms with Crippen molar-refractivity contribution in [1.29, 1.82) is 0 Å². The standard InChI is InChI=1S/C36H39F4NO3.C7H8/c1-4-5-6-7-8-9-30(25-12-17-29(37)18-13-25)31-19-14-27(23-32(31)26-10-15-28(16-11-26)36(38,39)40)33(22-24(2)3)34(42)41-20-21-44-35(41)43;1-7-5-3-2-4-6-7/h10-19,23,30,33H,2,4-9,20-22H2,1,3H3;2-6H,1H3/t30?,33-;/m1./s1. The molecule has 1 aliphatic heterocycles. The summed E-state index contributed by atoms with van der Waals surface area (Å²) in [5, 5.41) is 0. The summed E-state index contributed by atoms with van der Waals surface area (Å²) in [6.07, 6.45) is 1.16. The van der Waals surface area contributed by atoms with E-state index in [1.807, 2.05) is 36.4 Å². The lowest BCUT2D eigenvalue weighted by Crippen LogP contribution is -2.36. The molecule has 1 aliphatic rings. The molecule has 0 bridgehead atoms. The lowest BCUT2D eigenvalue weighted by Gasteiger charge is -2.25. The summed E-state index contributed by atoms with van der Waals surface area (Å²) in [5.41, 5.74) is 4.95. The zero-order chi connectivity index (χ0) is 37.0. The van der Waals surface area contributed by atoms with E-state index in [1.54, 1.807) is 19.1 Å². The number of aryl methyl sites for hydroxylation is 1. The summed E-state index contributed by atoms with van der Waals surface area (Å²) in [7, 11) is 0. The molecular weight excluding hydrogens is 654 g/mol. The predicted octanol–water partition coefficient (Wildman–Crippen LogP) is 12.0. The number of carbonyl (C=O) groups excluding carboxylic acids is 2. The first kappa shape index (κ1) is 39.1. The van der Waals surface area contributed by atoms with E-state index in [9.17, 15) is 27.2 Å². The van der Waals surface area contributed by atoms with Crippen LogP contribution in [0.3, 0.4) is 0 Å². The fraction of sp³-hybridized carbons (Fsp3) is 0.349. The summed E-state index contributed by atoms with van der Waals surface area (Å²) in [4.78, 5) is 27.0. The molecule has 0 radical (unpaired) electrons. The number of ether oxygens (including phenoxy) is 1. The minimum Gasteiger partial charge on any atom is -0.447 e. The summed E-state index contributed by atoms with van der Waals surface area (Å²) in [5.74, 6) is -1.66. The average molecular weight is 702 g/mol. The number of benzene rings is 4. The molecule has 0 saturated carbocycles. The summed E-state index contributed by atoms with van der Waals surface area (Å²) < 4.78 is 59.3. The van der Waals surface area contributed by atoms with Crippen molar-refractivity contribution >= 4 is 12.0 Å². The molecule has 4 nitrogen and oxygen atoms in total. The number of carbonyl (C=O) groups is 2. The molecule has 51 heavy (non-hydrogen) atoms. The van der Waals surface area contributed by atoms with Gasteiger partial charge in [-0.1, -0.05) is 123 Å². The Hall–Kier alpha value is -4.72. The maximum atomic E-state index is 13.9. The Morgan fingerprint density at radius 2 is 1.53 bits per heavy atom. The Labute approximate surface area is 299 Å². The maximum absolute atomic E-state index is 13.9. The molecule has 1 fully saturated rings. The zero-order valence-electron chi connectivity index (χ0n) is 29.6. The fourth-order valence-electron chi connectivity index (χ4n) is 6.34. The number of halogens is 4. The minimum atomic E-state index is -4.48. The van der Waals surface area contributed by atoms with Gasteiger partial charge in [0.15, 0.2) is 0 Å². The number of allylic oxidation sites excluding steroid dienone is 1. The van der Waals surface area contributed by atoms with Gasteiger partial charge in [0.1, 0.15) is 12.4 Å². The van der Waals surface area contributed by atoms with Gasteiger partial charge in [0.2, 0.25) is 5.91 Å². The normalized spacial score (nSPS) is 13.9. The van der Waals surface area contributed by atoms with E-state index in [0.717, 1.165) is 72.3 Å². The van der Waals surface area contributed by atoms with E-state index in [1.165, 1.54) is 29.8 Å². The summed E-state index contributed by atoms with van der Waals surface area (Å²) in [6.45, 7) is 10.3. The van der Waals surface area contributed by atoms with Crippen molar-refractivity contribution in [2.24, 2.45) is 0 Å². The van der Waals surface area contributed by atoms with Crippen LogP contribution < -0.4 is 0 Å². The minimum absolute atomic E-state index is 0.123. The first-order valence-corrected chi connectivity index (χ1v) is 17.6. The van der Waals surface area contributed by atoms with Crippen molar-refractivity contribution in [2.75, 3.05) is 13.2 Å². The predicted molar refractivity (Wildman–Crippen MR) is 195 cm³/mol. The Balaban J connectivity index is 0.000000742. The van der Waals surface area contributed by atoms with Gasteiger partial charge >= 0.3 is 12.3 Å². The molecule has 2 amide bonds. The maximum Gasteiger partial charge on any atom is 0.416 e. The van der Waals surface area contributed by atoms with Crippen LogP contribution in [-0.4, -0.2) is 30.1 Å². The Kier molecular flexibility index (Phi) is 14.2. The van der Waals surface area contributed by atoms with Gasteiger partial charge in [-0.25, -0.2) is 14.1 Å². The van der Waals surface area contributed by atoms with Crippen LogP contribution in [0.25, 0.3) is 11.1 Å². The second kappa shape index (κ2) is 18.5. The van der Waals surface area contributed by atoms with Crippen LogP contribution in [0, 0.1) is 12.7 Å². The first-order valence-electron chi connectivity index (χ1n) is 17.6. The monoisotopic (exact) mass is 701 g/mol. The van der Waals surface area contributed by atoms with Crippen LogP contribution >= 0.6 is 0 Å². The highest BCUT2D eigenvalue weighted by atomic mass is 19.4. The lowest BCUT2D eigenvalue weighted by atomic mass is 9.80. The highest BCUT2D eigenvalue weighted by Gasteiger charge is 2.35. The molecular formula is C43H47F4NO3. The van der Waals surface area contributed by atoms with Crippen molar-refractivity contribution in [1.82, 2.24) is 4.90 Å². The van der Waals surface area contributed by atoms with Crippen molar-refractivity contribution in [2.45, 2.75) is 83.7 Å². The van der Waals surface area contributed by atoms with Gasteiger partial charge in [0.05, 0.1) is 18.0 Å². The number of alkyl halides is 3. The SMILES string of the molecule is C=C(C)C[C@@H](C(=O)N1CCOC1=O)c1ccc(C(CCCCCCC)c2ccc(F)cc2)c(-c2ccc(C(F)(F)F)cc2)c1.Cc1ccccc1. The zero-order valence-corrected chi connectivity index (χ0v) is 29.6. The van der Waals surface area contributed by atoms with Gasteiger partial charge in [0, 0.05) is 5.92 Å². The third kappa shape index (κ3) is 11.1. The number of cyclic esters (lactones) is 1. The molecule has 0 spiro atoms. The van der Waals surface area contributed by atoms with Crippen LogP contribution in [-0.2, 0) is 15.7 Å². The van der Waals surface area contributed by atoms with Crippen molar-refractivity contribution in [3.05, 3.63) is 143 Å². The molecule has 2 atom stereocenters. The molecule has 1 unspecified atom stereocenters. The quantitative estimate of drug-likeness (QED) is 0.0792. The first-order chi connectivity index (χ1) is 24.4. The highest BCUT2D eigenvalue weighted by molar-refractivity contribution is 5.97. The number of nitrogens with zero attached hydrogens (tertiary/aromatic N) is 1. The summed E-state index contributed by atoms with van der Waals surface area (Å²) >= 11 is 0. The molecule has 4 aromatic rings. The van der Waals surface area contributed by atoms with E-state index in [4.69, 9.17) is 4.74 Å².